The Labute approximate surface area is 187 Å². The van der Waals surface area contributed by atoms with Gasteiger partial charge in [-0.25, -0.2) is 19.4 Å². The lowest BCUT2D eigenvalue weighted by atomic mass is 10.1. The summed E-state index contributed by atoms with van der Waals surface area (Å²) in [6.45, 7) is 2.88. The minimum Gasteiger partial charge on any atom is -0.465 e. The number of ether oxygens (including phenoxy) is 1. The van der Waals surface area contributed by atoms with Gasteiger partial charge in [0.25, 0.3) is 0 Å². The van der Waals surface area contributed by atoms with E-state index in [9.17, 15) is 4.79 Å². The maximum Gasteiger partial charge on any atom is 0.337 e. The number of methoxy groups -OCH3 is 1. The Hall–Kier alpha value is -3.74. The van der Waals surface area contributed by atoms with Crippen LogP contribution in [0.4, 0.5) is 5.82 Å². The lowest BCUT2D eigenvalue weighted by Crippen LogP contribution is -2.07. The molecule has 0 aliphatic heterocycles. The molecule has 0 unspecified atom stereocenters. The van der Waals surface area contributed by atoms with Gasteiger partial charge in [0.2, 0.25) is 0 Å². The van der Waals surface area contributed by atoms with Crippen molar-refractivity contribution < 1.29 is 9.53 Å². The zero-order valence-corrected chi connectivity index (χ0v) is 18.6. The summed E-state index contributed by atoms with van der Waals surface area (Å²) in [5.74, 6) is 1.01. The third-order valence-corrected chi connectivity index (χ3v) is 5.43. The molecule has 32 heavy (non-hydrogen) atoms. The number of carbonyl (C=O) groups is 1. The fourth-order valence-corrected chi connectivity index (χ4v) is 3.75. The maximum atomic E-state index is 11.7. The fourth-order valence-electron chi connectivity index (χ4n) is 3.75. The Balaban J connectivity index is 1.63. The molecule has 0 saturated heterocycles. The van der Waals surface area contributed by atoms with Gasteiger partial charge in [-0.3, -0.25) is 0 Å². The fraction of sp³-hybridized carbons (Fsp3) is 0.280. The summed E-state index contributed by atoms with van der Waals surface area (Å²) in [4.78, 5) is 21.4. The second-order valence-corrected chi connectivity index (χ2v) is 7.60. The van der Waals surface area contributed by atoms with Gasteiger partial charge in [0.05, 0.1) is 23.8 Å². The molecular formula is C25H27N5O2. The van der Waals surface area contributed by atoms with E-state index in [0.29, 0.717) is 11.4 Å². The van der Waals surface area contributed by atoms with Crippen molar-refractivity contribution in [2.24, 2.45) is 7.05 Å². The van der Waals surface area contributed by atoms with E-state index in [4.69, 9.17) is 14.7 Å². The highest BCUT2D eigenvalue weighted by atomic mass is 16.5. The van der Waals surface area contributed by atoms with Crippen LogP contribution in [0.25, 0.3) is 22.4 Å². The quantitative estimate of drug-likeness (QED) is 0.330. The minimum atomic E-state index is -0.368. The van der Waals surface area contributed by atoms with Crippen LogP contribution in [0, 0.1) is 0 Å². The number of benzene rings is 2. The van der Waals surface area contributed by atoms with Crippen LogP contribution in [0.5, 0.6) is 0 Å². The van der Waals surface area contributed by atoms with Gasteiger partial charge in [-0.05, 0) is 37.0 Å². The van der Waals surface area contributed by atoms with Crippen molar-refractivity contribution >= 4 is 22.8 Å². The molecule has 4 aromatic rings. The SMILES string of the molecule is CCc1nn(C)c2nc(-c3ccc(C(=O)OC)cc3)nc(NCCCc3ccccc3)c12. The van der Waals surface area contributed by atoms with Gasteiger partial charge < -0.3 is 10.1 Å². The summed E-state index contributed by atoms with van der Waals surface area (Å²) >= 11 is 0. The number of hydrogen-bond donors (Lipinski definition) is 1. The molecule has 0 spiro atoms. The van der Waals surface area contributed by atoms with Crippen LogP contribution < -0.4 is 5.32 Å². The Morgan fingerprint density at radius 1 is 1.06 bits per heavy atom. The molecular weight excluding hydrogens is 402 g/mol. The van der Waals surface area contributed by atoms with E-state index < -0.39 is 0 Å². The van der Waals surface area contributed by atoms with Crippen LogP contribution in [0.2, 0.25) is 0 Å². The van der Waals surface area contributed by atoms with Crippen LogP contribution in [0.15, 0.2) is 54.6 Å². The largest absolute Gasteiger partial charge is 0.465 e. The first-order valence-corrected chi connectivity index (χ1v) is 10.8. The molecule has 0 aliphatic rings. The van der Waals surface area contributed by atoms with E-state index in [1.807, 2.05) is 25.2 Å². The van der Waals surface area contributed by atoms with Crippen molar-refractivity contribution in [3.05, 3.63) is 71.4 Å². The van der Waals surface area contributed by atoms with E-state index in [2.05, 4.69) is 41.6 Å². The number of rotatable bonds is 8. The molecule has 7 nitrogen and oxygen atoms in total. The first-order chi connectivity index (χ1) is 15.6. The smallest absolute Gasteiger partial charge is 0.337 e. The zero-order chi connectivity index (χ0) is 22.5. The van der Waals surface area contributed by atoms with E-state index in [1.54, 1.807) is 16.8 Å². The van der Waals surface area contributed by atoms with Gasteiger partial charge >= 0.3 is 5.97 Å². The molecule has 2 aromatic carbocycles. The molecule has 0 fully saturated rings. The van der Waals surface area contributed by atoms with Crippen molar-refractivity contribution in [1.29, 1.82) is 0 Å². The topological polar surface area (TPSA) is 81.9 Å². The lowest BCUT2D eigenvalue weighted by Gasteiger charge is -2.10. The molecule has 0 bridgehead atoms. The number of aryl methyl sites for hydroxylation is 3. The molecule has 164 valence electrons. The minimum absolute atomic E-state index is 0.368. The van der Waals surface area contributed by atoms with Gasteiger partial charge in [0.15, 0.2) is 11.5 Å². The van der Waals surface area contributed by atoms with Crippen LogP contribution >= 0.6 is 0 Å². The van der Waals surface area contributed by atoms with Crippen LogP contribution in [-0.4, -0.2) is 39.4 Å². The standard InChI is InChI=1S/C25H27N5O2/c1-4-20-21-23(26-16-8-11-17-9-6-5-7-10-17)27-22(28-24(21)30(2)29-20)18-12-14-19(15-13-18)25(31)32-3/h5-7,9-10,12-15H,4,8,11,16H2,1-3H3,(H,26,27,28). The molecule has 4 rings (SSSR count). The Morgan fingerprint density at radius 2 is 1.81 bits per heavy atom. The number of hydrogen-bond acceptors (Lipinski definition) is 6. The van der Waals surface area contributed by atoms with Crippen LogP contribution in [0.3, 0.4) is 0 Å². The van der Waals surface area contributed by atoms with Crippen molar-refractivity contribution in [2.45, 2.75) is 26.2 Å². The summed E-state index contributed by atoms with van der Waals surface area (Å²) in [6, 6.07) is 17.6. The summed E-state index contributed by atoms with van der Waals surface area (Å²) in [7, 11) is 3.27. The molecule has 0 aliphatic carbocycles. The summed E-state index contributed by atoms with van der Waals surface area (Å²) in [6.07, 6.45) is 2.78. The number of anilines is 1. The van der Waals surface area contributed by atoms with Crippen molar-refractivity contribution in [3.8, 4) is 11.4 Å². The van der Waals surface area contributed by atoms with Gasteiger partial charge in [0.1, 0.15) is 5.82 Å². The number of nitrogens with zero attached hydrogens (tertiary/aromatic N) is 4. The number of fused-ring (bicyclic) bond motifs is 1. The molecule has 0 amide bonds. The number of aromatic nitrogens is 4. The molecule has 2 heterocycles. The van der Waals surface area contributed by atoms with Crippen LogP contribution in [0.1, 0.15) is 35.0 Å². The highest BCUT2D eigenvalue weighted by Gasteiger charge is 2.17. The highest BCUT2D eigenvalue weighted by Crippen LogP contribution is 2.28. The first-order valence-electron chi connectivity index (χ1n) is 10.8. The third kappa shape index (κ3) is 4.46. The average Bonchev–Trinajstić information content (AvgIpc) is 3.17. The van der Waals surface area contributed by atoms with E-state index in [1.165, 1.54) is 12.7 Å². The van der Waals surface area contributed by atoms with Crippen molar-refractivity contribution in [2.75, 3.05) is 19.0 Å². The van der Waals surface area contributed by atoms with Gasteiger partial charge in [-0.15, -0.1) is 0 Å². The lowest BCUT2D eigenvalue weighted by molar-refractivity contribution is 0.0600. The molecule has 7 heteroatoms. The Bertz CT molecular complexity index is 1220. The number of nitrogens with one attached hydrogen (secondary N) is 1. The molecule has 2 aromatic heterocycles. The predicted octanol–water partition coefficient (Wildman–Crippen LogP) is 4.42. The third-order valence-electron chi connectivity index (χ3n) is 5.43. The normalized spacial score (nSPS) is 11.0. The van der Waals surface area contributed by atoms with E-state index in [-0.39, 0.29) is 5.97 Å². The monoisotopic (exact) mass is 429 g/mol. The average molecular weight is 430 g/mol. The van der Waals surface area contributed by atoms with Gasteiger partial charge in [0, 0.05) is 19.2 Å². The van der Waals surface area contributed by atoms with E-state index >= 15 is 0 Å². The summed E-state index contributed by atoms with van der Waals surface area (Å²) in [5.41, 5.74) is 4.40. The highest BCUT2D eigenvalue weighted by molar-refractivity contribution is 5.92. The molecule has 0 radical (unpaired) electrons. The Kier molecular flexibility index (Phi) is 6.44. The maximum absolute atomic E-state index is 11.7. The van der Waals surface area contributed by atoms with Gasteiger partial charge in [-0.1, -0.05) is 49.4 Å². The Morgan fingerprint density at radius 3 is 2.50 bits per heavy atom. The molecule has 1 N–H and O–H groups in total. The first kappa shape index (κ1) is 21.5. The van der Waals surface area contributed by atoms with Crippen molar-refractivity contribution in [1.82, 2.24) is 19.7 Å². The number of carbonyl (C=O) groups excluding carboxylic acids is 1. The van der Waals surface area contributed by atoms with Crippen LogP contribution in [-0.2, 0) is 24.6 Å². The molecule has 0 atom stereocenters. The second-order valence-electron chi connectivity index (χ2n) is 7.60. The second kappa shape index (κ2) is 9.60. The molecule has 0 saturated carbocycles. The van der Waals surface area contributed by atoms with E-state index in [0.717, 1.165) is 53.9 Å². The number of esters is 1. The predicted molar refractivity (Wildman–Crippen MR) is 126 cm³/mol. The van der Waals surface area contributed by atoms with Crippen molar-refractivity contribution in [3.63, 3.8) is 0 Å². The summed E-state index contributed by atoms with van der Waals surface area (Å²) < 4.78 is 6.59. The van der Waals surface area contributed by atoms with Gasteiger partial charge in [-0.2, -0.15) is 5.10 Å². The zero-order valence-electron chi connectivity index (χ0n) is 18.6. The summed E-state index contributed by atoms with van der Waals surface area (Å²) in [5, 5.41) is 9.12.